The topological polar surface area (TPSA) is 52.0 Å². The lowest BCUT2D eigenvalue weighted by Gasteiger charge is -2.04. The van der Waals surface area contributed by atoms with Gasteiger partial charge >= 0.3 is 0 Å². The van der Waals surface area contributed by atoms with Crippen molar-refractivity contribution in [2.24, 2.45) is 0 Å². The van der Waals surface area contributed by atoms with Gasteiger partial charge in [0.05, 0.1) is 25.2 Å². The van der Waals surface area contributed by atoms with E-state index in [9.17, 15) is 0 Å². The predicted octanol–water partition coefficient (Wildman–Crippen LogP) is 2.00. The van der Waals surface area contributed by atoms with Crippen LogP contribution < -0.4 is 10.1 Å². The normalized spacial score (nSPS) is 9.94. The van der Waals surface area contributed by atoms with Crippen LogP contribution in [0.25, 0.3) is 6.20 Å². The molecule has 0 spiro atoms. The lowest BCUT2D eigenvalue weighted by atomic mass is 10.3. The molecule has 0 saturated carbocycles. The average molecular weight is 230 g/mol. The van der Waals surface area contributed by atoms with Gasteiger partial charge in [0.2, 0.25) is 5.88 Å². The van der Waals surface area contributed by atoms with Gasteiger partial charge in [-0.1, -0.05) is 6.58 Å². The van der Waals surface area contributed by atoms with E-state index >= 15 is 0 Å². The summed E-state index contributed by atoms with van der Waals surface area (Å²) in [5.41, 5.74) is 2.03. The minimum atomic E-state index is 0.607. The van der Waals surface area contributed by atoms with Crippen LogP contribution in [0.4, 0.5) is 5.69 Å². The average Bonchev–Trinajstić information content (AvgIpc) is 2.85. The molecule has 2 aromatic rings. The highest BCUT2D eigenvalue weighted by atomic mass is 16.5. The number of hydrogen-bond acceptors (Lipinski definition) is 4. The minimum Gasteiger partial charge on any atom is -0.481 e. The molecule has 0 saturated heterocycles. The zero-order valence-electron chi connectivity index (χ0n) is 9.63. The summed E-state index contributed by atoms with van der Waals surface area (Å²) in [5, 5.41) is 7.34. The van der Waals surface area contributed by atoms with E-state index in [1.165, 1.54) is 0 Å². The Hall–Kier alpha value is -2.30. The highest BCUT2D eigenvalue weighted by molar-refractivity contribution is 5.42. The maximum Gasteiger partial charge on any atom is 0.213 e. The fraction of sp³-hybridized carbons (Fsp3) is 0.167. The van der Waals surface area contributed by atoms with Gasteiger partial charge in [-0.25, -0.2) is 9.67 Å². The van der Waals surface area contributed by atoms with Crippen molar-refractivity contribution >= 4 is 11.9 Å². The van der Waals surface area contributed by atoms with Gasteiger partial charge in [-0.3, -0.25) is 0 Å². The molecule has 0 aliphatic rings. The molecule has 17 heavy (non-hydrogen) atoms. The maximum absolute atomic E-state index is 4.99. The summed E-state index contributed by atoms with van der Waals surface area (Å²) >= 11 is 0. The lowest BCUT2D eigenvalue weighted by molar-refractivity contribution is 0.398. The third-order valence-corrected chi connectivity index (χ3v) is 2.28. The van der Waals surface area contributed by atoms with Gasteiger partial charge in [-0.15, -0.1) is 0 Å². The molecule has 0 amide bonds. The third kappa shape index (κ3) is 2.84. The van der Waals surface area contributed by atoms with Gasteiger partial charge in [-0.05, 0) is 6.07 Å². The first-order valence-corrected chi connectivity index (χ1v) is 5.21. The van der Waals surface area contributed by atoms with Crippen molar-refractivity contribution in [2.45, 2.75) is 6.54 Å². The SMILES string of the molecule is C=Cn1cc(CNc2ccc(OC)nc2)cn1. The van der Waals surface area contributed by atoms with Crippen LogP contribution in [0, 0.1) is 0 Å². The Bertz CT molecular complexity index is 489. The van der Waals surface area contributed by atoms with Crippen molar-refractivity contribution in [3.8, 4) is 5.88 Å². The van der Waals surface area contributed by atoms with Crippen LogP contribution in [0.1, 0.15) is 5.56 Å². The smallest absolute Gasteiger partial charge is 0.213 e. The Morgan fingerprint density at radius 1 is 1.47 bits per heavy atom. The van der Waals surface area contributed by atoms with E-state index in [-0.39, 0.29) is 0 Å². The summed E-state index contributed by atoms with van der Waals surface area (Å²) in [5.74, 6) is 0.607. The standard InChI is InChI=1S/C12H14N4O/c1-3-16-9-10(7-15-16)6-13-11-4-5-12(17-2)14-8-11/h3-5,7-9,13H,1,6H2,2H3. The molecular formula is C12H14N4O. The quantitative estimate of drug-likeness (QED) is 0.853. The predicted molar refractivity (Wildman–Crippen MR) is 66.7 cm³/mol. The second kappa shape index (κ2) is 5.16. The van der Waals surface area contributed by atoms with E-state index in [0.29, 0.717) is 12.4 Å². The Balaban J connectivity index is 1.94. The highest BCUT2D eigenvalue weighted by Gasteiger charge is 1.98. The van der Waals surface area contributed by atoms with Gasteiger partial charge in [-0.2, -0.15) is 5.10 Å². The van der Waals surface area contributed by atoms with Gasteiger partial charge in [0.25, 0.3) is 0 Å². The fourth-order valence-corrected chi connectivity index (χ4v) is 1.38. The second-order valence-electron chi connectivity index (χ2n) is 3.45. The number of hydrogen-bond donors (Lipinski definition) is 1. The van der Waals surface area contributed by atoms with Gasteiger partial charge in [0.1, 0.15) is 0 Å². The van der Waals surface area contributed by atoms with E-state index in [0.717, 1.165) is 11.3 Å². The number of methoxy groups -OCH3 is 1. The van der Waals surface area contributed by atoms with Crippen molar-refractivity contribution in [1.29, 1.82) is 0 Å². The molecule has 88 valence electrons. The van der Waals surface area contributed by atoms with Crippen LogP contribution >= 0.6 is 0 Å². The maximum atomic E-state index is 4.99. The molecule has 0 aromatic carbocycles. The number of aromatic nitrogens is 3. The summed E-state index contributed by atoms with van der Waals surface area (Å²) in [4.78, 5) is 4.11. The number of nitrogens with zero attached hydrogens (tertiary/aromatic N) is 3. The zero-order chi connectivity index (χ0) is 12.1. The molecule has 1 N–H and O–H groups in total. The Kier molecular flexibility index (Phi) is 3.40. The summed E-state index contributed by atoms with van der Waals surface area (Å²) in [6, 6.07) is 3.74. The number of nitrogens with one attached hydrogen (secondary N) is 1. The van der Waals surface area contributed by atoms with Crippen molar-refractivity contribution in [1.82, 2.24) is 14.8 Å². The molecule has 2 rings (SSSR count). The third-order valence-electron chi connectivity index (χ3n) is 2.28. The van der Waals surface area contributed by atoms with Crippen molar-refractivity contribution in [3.63, 3.8) is 0 Å². The Morgan fingerprint density at radius 2 is 2.35 bits per heavy atom. The summed E-state index contributed by atoms with van der Waals surface area (Å²) < 4.78 is 6.66. The van der Waals surface area contributed by atoms with Crippen molar-refractivity contribution in [2.75, 3.05) is 12.4 Å². The van der Waals surface area contributed by atoms with E-state index in [1.807, 2.05) is 18.3 Å². The lowest BCUT2D eigenvalue weighted by Crippen LogP contribution is -1.99. The molecule has 0 aliphatic heterocycles. The van der Waals surface area contributed by atoms with E-state index in [4.69, 9.17) is 4.74 Å². The molecule has 5 nitrogen and oxygen atoms in total. The van der Waals surface area contributed by atoms with E-state index < -0.39 is 0 Å². The molecule has 0 radical (unpaired) electrons. The first-order valence-electron chi connectivity index (χ1n) is 5.21. The van der Waals surface area contributed by atoms with Gasteiger partial charge in [0, 0.05) is 30.6 Å². The Morgan fingerprint density at radius 3 is 2.94 bits per heavy atom. The highest BCUT2D eigenvalue weighted by Crippen LogP contribution is 2.12. The van der Waals surface area contributed by atoms with Crippen LogP contribution in [0.3, 0.4) is 0 Å². The number of pyridine rings is 1. The van der Waals surface area contributed by atoms with Crippen LogP contribution in [0.5, 0.6) is 5.88 Å². The summed E-state index contributed by atoms with van der Waals surface area (Å²) in [7, 11) is 1.60. The first kappa shape index (κ1) is 11.2. The van der Waals surface area contributed by atoms with E-state index in [2.05, 4.69) is 22.0 Å². The second-order valence-corrected chi connectivity index (χ2v) is 3.45. The molecule has 0 unspecified atom stereocenters. The molecule has 0 aliphatic carbocycles. The molecule has 2 heterocycles. The molecule has 0 fully saturated rings. The van der Waals surface area contributed by atoms with Crippen LogP contribution in [0.2, 0.25) is 0 Å². The fourth-order valence-electron chi connectivity index (χ4n) is 1.38. The molecular weight excluding hydrogens is 216 g/mol. The molecule has 5 heteroatoms. The van der Waals surface area contributed by atoms with Crippen LogP contribution in [0.15, 0.2) is 37.3 Å². The monoisotopic (exact) mass is 230 g/mol. The molecule has 2 aromatic heterocycles. The van der Waals surface area contributed by atoms with Gasteiger partial charge < -0.3 is 10.1 Å². The van der Waals surface area contributed by atoms with Crippen LogP contribution in [-0.4, -0.2) is 21.9 Å². The largest absolute Gasteiger partial charge is 0.481 e. The van der Waals surface area contributed by atoms with Gasteiger partial charge in [0.15, 0.2) is 0 Å². The van der Waals surface area contributed by atoms with E-state index in [1.54, 1.807) is 30.4 Å². The Labute approximate surface area is 99.7 Å². The molecule has 0 atom stereocenters. The van der Waals surface area contributed by atoms with Crippen molar-refractivity contribution in [3.05, 3.63) is 42.9 Å². The minimum absolute atomic E-state index is 0.607. The van der Waals surface area contributed by atoms with Crippen molar-refractivity contribution < 1.29 is 4.74 Å². The number of ether oxygens (including phenoxy) is 1. The van der Waals surface area contributed by atoms with Crippen LogP contribution in [-0.2, 0) is 6.54 Å². The zero-order valence-corrected chi connectivity index (χ0v) is 9.63. The molecule has 0 bridgehead atoms. The number of anilines is 1. The summed E-state index contributed by atoms with van der Waals surface area (Å²) in [6.07, 6.45) is 7.10. The number of rotatable bonds is 5. The summed E-state index contributed by atoms with van der Waals surface area (Å²) in [6.45, 7) is 4.33. The first-order chi connectivity index (χ1) is 8.31.